The van der Waals surface area contributed by atoms with E-state index in [1.807, 2.05) is 23.5 Å². The first-order valence-electron chi connectivity index (χ1n) is 8.68. The summed E-state index contributed by atoms with van der Waals surface area (Å²) >= 11 is 1.86. The first-order chi connectivity index (χ1) is 12.0. The van der Waals surface area contributed by atoms with Crippen molar-refractivity contribution >= 4 is 21.2 Å². The number of fused-ring (bicyclic) bond motifs is 2. The van der Waals surface area contributed by atoms with Gasteiger partial charge in [-0.1, -0.05) is 12.1 Å². The van der Waals surface area contributed by atoms with Gasteiger partial charge in [0.25, 0.3) is 0 Å². The molecule has 2 aliphatic heterocycles. The number of nitrogens with zero attached hydrogens (tertiary/aromatic N) is 1. The van der Waals surface area contributed by atoms with Crippen molar-refractivity contribution in [1.82, 2.24) is 4.90 Å². The molecule has 0 unspecified atom stereocenters. The average Bonchev–Trinajstić information content (AvgIpc) is 3.07. The number of likely N-dealkylation sites (tertiary alicyclic amines) is 1. The Hall–Kier alpha value is -1.21. The van der Waals surface area contributed by atoms with Crippen LogP contribution in [0.1, 0.15) is 28.8 Å². The predicted octanol–water partition coefficient (Wildman–Crippen LogP) is 3.22. The van der Waals surface area contributed by atoms with Crippen molar-refractivity contribution < 1.29 is 13.2 Å². The van der Waals surface area contributed by atoms with Crippen LogP contribution in [0.2, 0.25) is 0 Å². The maximum Gasteiger partial charge on any atom is 0.175 e. The number of sulfone groups is 1. The van der Waals surface area contributed by atoms with E-state index in [2.05, 4.69) is 16.3 Å². The molecular formula is C19H23NO3S2. The third-order valence-corrected chi connectivity index (χ3v) is 7.47. The summed E-state index contributed by atoms with van der Waals surface area (Å²) in [6.45, 7) is 3.70. The fourth-order valence-electron chi connectivity index (χ4n) is 3.94. The molecule has 4 rings (SSSR count). The fourth-order valence-corrected chi connectivity index (χ4v) is 5.52. The fraction of sp³-hybridized carbons (Fsp3) is 0.474. The Kier molecular flexibility index (Phi) is 4.48. The third kappa shape index (κ3) is 3.40. The van der Waals surface area contributed by atoms with E-state index >= 15 is 0 Å². The van der Waals surface area contributed by atoms with Crippen LogP contribution in [0.15, 0.2) is 40.6 Å². The van der Waals surface area contributed by atoms with E-state index in [1.54, 1.807) is 12.1 Å². The van der Waals surface area contributed by atoms with Crippen LogP contribution in [0.3, 0.4) is 0 Å². The SMILES string of the molecule is CS(=O)(=O)c1ccc(CN2CCC3(CC2)OCCc2sccc23)cc1. The van der Waals surface area contributed by atoms with Crippen molar-refractivity contribution in [1.29, 1.82) is 0 Å². The lowest BCUT2D eigenvalue weighted by Gasteiger charge is -2.44. The zero-order valence-electron chi connectivity index (χ0n) is 14.4. The molecule has 0 amide bonds. The van der Waals surface area contributed by atoms with Crippen LogP contribution in [0.4, 0.5) is 0 Å². The number of hydrogen-bond donors (Lipinski definition) is 0. The number of thiophene rings is 1. The highest BCUT2D eigenvalue weighted by atomic mass is 32.2. The van der Waals surface area contributed by atoms with Crippen molar-refractivity contribution in [2.75, 3.05) is 26.0 Å². The zero-order chi connectivity index (χ0) is 17.5. The molecule has 2 aliphatic rings. The lowest BCUT2D eigenvalue weighted by Crippen LogP contribution is -2.45. The van der Waals surface area contributed by atoms with Gasteiger partial charge in [0.2, 0.25) is 0 Å². The molecular weight excluding hydrogens is 354 g/mol. The molecule has 1 aromatic heterocycles. The van der Waals surface area contributed by atoms with Crippen LogP contribution < -0.4 is 0 Å². The molecule has 1 fully saturated rings. The third-order valence-electron chi connectivity index (χ3n) is 5.37. The molecule has 6 heteroatoms. The van der Waals surface area contributed by atoms with Gasteiger partial charge < -0.3 is 4.74 Å². The molecule has 2 aromatic rings. The molecule has 1 aromatic carbocycles. The molecule has 3 heterocycles. The summed E-state index contributed by atoms with van der Waals surface area (Å²) in [6.07, 6.45) is 4.34. The summed E-state index contributed by atoms with van der Waals surface area (Å²) in [4.78, 5) is 4.32. The maximum atomic E-state index is 11.6. The van der Waals surface area contributed by atoms with Crippen LogP contribution in [0.5, 0.6) is 0 Å². The lowest BCUT2D eigenvalue weighted by atomic mass is 9.82. The minimum atomic E-state index is -3.12. The van der Waals surface area contributed by atoms with Crippen molar-refractivity contribution in [2.45, 2.75) is 36.3 Å². The zero-order valence-corrected chi connectivity index (χ0v) is 16.0. The van der Waals surface area contributed by atoms with Crippen molar-refractivity contribution in [3.8, 4) is 0 Å². The normalized spacial score (nSPS) is 20.5. The maximum absolute atomic E-state index is 11.6. The molecule has 0 N–H and O–H groups in total. The summed E-state index contributed by atoms with van der Waals surface area (Å²) in [7, 11) is -3.12. The highest BCUT2D eigenvalue weighted by molar-refractivity contribution is 7.90. The van der Waals surface area contributed by atoms with E-state index < -0.39 is 9.84 Å². The number of piperidine rings is 1. The van der Waals surface area contributed by atoms with Gasteiger partial charge in [-0.2, -0.15) is 0 Å². The second-order valence-electron chi connectivity index (χ2n) is 7.04. The van der Waals surface area contributed by atoms with E-state index in [0.717, 1.165) is 51.1 Å². The Morgan fingerprint density at radius 3 is 2.56 bits per heavy atom. The van der Waals surface area contributed by atoms with Gasteiger partial charge in [-0.3, -0.25) is 4.90 Å². The molecule has 1 saturated heterocycles. The Bertz CT molecular complexity index is 847. The van der Waals surface area contributed by atoms with E-state index in [1.165, 1.54) is 16.7 Å². The topological polar surface area (TPSA) is 46.6 Å². The number of ether oxygens (including phenoxy) is 1. The van der Waals surface area contributed by atoms with E-state index in [9.17, 15) is 8.42 Å². The van der Waals surface area contributed by atoms with Crippen LogP contribution >= 0.6 is 11.3 Å². The van der Waals surface area contributed by atoms with Crippen LogP contribution in [-0.4, -0.2) is 39.3 Å². The Morgan fingerprint density at radius 2 is 1.88 bits per heavy atom. The van der Waals surface area contributed by atoms with Crippen LogP contribution in [0, 0.1) is 0 Å². The van der Waals surface area contributed by atoms with Gasteiger partial charge in [0.1, 0.15) is 0 Å². The summed E-state index contributed by atoms with van der Waals surface area (Å²) in [5, 5.41) is 2.19. The lowest BCUT2D eigenvalue weighted by molar-refractivity contribution is -0.0980. The summed E-state index contributed by atoms with van der Waals surface area (Å²) < 4.78 is 29.4. The largest absolute Gasteiger partial charge is 0.370 e. The second kappa shape index (κ2) is 6.50. The first-order valence-corrected chi connectivity index (χ1v) is 11.5. The average molecular weight is 378 g/mol. The second-order valence-corrected chi connectivity index (χ2v) is 10.1. The van der Waals surface area contributed by atoms with Gasteiger partial charge in [-0.25, -0.2) is 8.42 Å². The van der Waals surface area contributed by atoms with Gasteiger partial charge in [0.05, 0.1) is 17.1 Å². The molecule has 25 heavy (non-hydrogen) atoms. The smallest absolute Gasteiger partial charge is 0.175 e. The van der Waals surface area contributed by atoms with Gasteiger partial charge in [0.15, 0.2) is 9.84 Å². The van der Waals surface area contributed by atoms with Gasteiger partial charge in [-0.05, 0) is 47.5 Å². The molecule has 134 valence electrons. The van der Waals surface area contributed by atoms with Crippen LogP contribution in [-0.2, 0) is 33.1 Å². The Balaban J connectivity index is 1.42. The standard InChI is InChI=1S/C19H23NO3S2/c1-25(21,22)16-4-2-15(3-5-16)14-20-10-8-19(9-11-20)17-7-13-24-18(17)6-12-23-19/h2-5,7,13H,6,8-12,14H2,1H3. The Labute approximate surface area is 153 Å². The number of benzene rings is 1. The minimum Gasteiger partial charge on any atom is -0.370 e. The summed E-state index contributed by atoms with van der Waals surface area (Å²) in [5.74, 6) is 0. The number of rotatable bonds is 3. The van der Waals surface area contributed by atoms with Gasteiger partial charge in [0, 0.05) is 37.2 Å². The first kappa shape index (κ1) is 17.2. The molecule has 0 aliphatic carbocycles. The van der Waals surface area contributed by atoms with Gasteiger partial charge in [-0.15, -0.1) is 11.3 Å². The van der Waals surface area contributed by atoms with Gasteiger partial charge >= 0.3 is 0 Å². The van der Waals surface area contributed by atoms with Crippen molar-refractivity contribution in [3.05, 3.63) is 51.7 Å². The van der Waals surface area contributed by atoms with Crippen molar-refractivity contribution in [2.24, 2.45) is 0 Å². The highest BCUT2D eigenvalue weighted by Crippen LogP contribution is 2.43. The monoisotopic (exact) mass is 377 g/mol. The molecule has 0 radical (unpaired) electrons. The molecule has 0 saturated carbocycles. The van der Waals surface area contributed by atoms with E-state index in [-0.39, 0.29) is 5.60 Å². The van der Waals surface area contributed by atoms with Crippen molar-refractivity contribution in [3.63, 3.8) is 0 Å². The van der Waals surface area contributed by atoms with Crippen LogP contribution in [0.25, 0.3) is 0 Å². The quantitative estimate of drug-likeness (QED) is 0.824. The molecule has 0 atom stereocenters. The van der Waals surface area contributed by atoms with E-state index in [0.29, 0.717) is 4.90 Å². The summed E-state index contributed by atoms with van der Waals surface area (Å²) in [6, 6.07) is 9.51. The highest BCUT2D eigenvalue weighted by Gasteiger charge is 2.41. The number of hydrogen-bond acceptors (Lipinski definition) is 5. The predicted molar refractivity (Wildman–Crippen MR) is 99.7 cm³/mol. The molecule has 1 spiro atoms. The molecule has 4 nitrogen and oxygen atoms in total. The summed E-state index contributed by atoms with van der Waals surface area (Å²) in [5.41, 5.74) is 2.49. The molecule has 0 bridgehead atoms. The Morgan fingerprint density at radius 1 is 1.16 bits per heavy atom. The minimum absolute atomic E-state index is 0.0791. The van der Waals surface area contributed by atoms with E-state index in [4.69, 9.17) is 4.74 Å².